The second kappa shape index (κ2) is 11.8. The maximum absolute atomic E-state index is 12.1. The number of nitrogens with zero attached hydrogens (tertiary/aromatic N) is 2. The van der Waals surface area contributed by atoms with E-state index in [1.54, 1.807) is 12.1 Å². The molecule has 0 spiro atoms. The Balaban J connectivity index is 0.00000135. The van der Waals surface area contributed by atoms with E-state index >= 15 is 0 Å². The summed E-state index contributed by atoms with van der Waals surface area (Å²) in [6.07, 6.45) is -0.954. The lowest BCUT2D eigenvalue weighted by Gasteiger charge is -2.21. The molecule has 0 aliphatic rings. The highest BCUT2D eigenvalue weighted by Gasteiger charge is 2.19. The van der Waals surface area contributed by atoms with Crippen LogP contribution in [0.1, 0.15) is 31.1 Å². The van der Waals surface area contributed by atoms with Gasteiger partial charge < -0.3 is 14.9 Å². The van der Waals surface area contributed by atoms with Crippen LogP contribution in [-0.2, 0) is 0 Å². The molecule has 1 rings (SSSR count). The molecule has 5 heteroatoms. The molecule has 1 atom stereocenters. The van der Waals surface area contributed by atoms with Crippen LogP contribution in [0.25, 0.3) is 0 Å². The van der Waals surface area contributed by atoms with Crippen LogP contribution in [-0.4, -0.2) is 60.1 Å². The number of carbonyl (C=O) groups is 1. The standard InChI is InChI=1S/C15H24N2O2.C2H5I/c1-5-17(6-2)11-14(18)15(19)12-7-9-13(10-8-12)16(3)4;1-2-3/h7-10,14,18H,5-6,11H2,1-4H3;2H2,1H3. The van der Waals surface area contributed by atoms with Crippen LogP contribution in [0.2, 0.25) is 0 Å². The van der Waals surface area contributed by atoms with Gasteiger partial charge in [-0.2, -0.15) is 0 Å². The molecule has 0 heterocycles. The zero-order valence-corrected chi connectivity index (χ0v) is 16.5. The van der Waals surface area contributed by atoms with Crippen molar-refractivity contribution < 1.29 is 9.90 Å². The van der Waals surface area contributed by atoms with E-state index in [2.05, 4.69) is 29.5 Å². The van der Waals surface area contributed by atoms with Gasteiger partial charge in [0.05, 0.1) is 0 Å². The van der Waals surface area contributed by atoms with Crippen LogP contribution in [0.15, 0.2) is 24.3 Å². The van der Waals surface area contributed by atoms with Crippen LogP contribution in [0, 0.1) is 0 Å². The third kappa shape index (κ3) is 7.56. The summed E-state index contributed by atoms with van der Waals surface area (Å²) >= 11 is 2.29. The van der Waals surface area contributed by atoms with Crippen LogP contribution >= 0.6 is 22.6 Å². The molecular formula is C17H29IN2O2. The quantitative estimate of drug-likeness (QED) is 0.419. The molecule has 0 radical (unpaired) electrons. The minimum Gasteiger partial charge on any atom is -0.384 e. The summed E-state index contributed by atoms with van der Waals surface area (Å²) < 4.78 is 1.22. The number of carbonyl (C=O) groups excluding carboxylic acids is 1. The van der Waals surface area contributed by atoms with Crippen LogP contribution in [0.5, 0.6) is 0 Å². The van der Waals surface area contributed by atoms with Crippen molar-refractivity contribution in [3.8, 4) is 0 Å². The summed E-state index contributed by atoms with van der Waals surface area (Å²) in [4.78, 5) is 16.1. The highest BCUT2D eigenvalue weighted by atomic mass is 127. The number of Topliss-reactive ketones (excluding diaryl/α,β-unsaturated/α-hetero) is 1. The molecule has 0 saturated heterocycles. The molecule has 0 saturated carbocycles. The third-order valence-corrected chi connectivity index (χ3v) is 3.30. The number of aliphatic hydroxyl groups is 1. The van der Waals surface area contributed by atoms with Crippen molar-refractivity contribution in [1.82, 2.24) is 4.90 Å². The van der Waals surface area contributed by atoms with E-state index in [9.17, 15) is 9.90 Å². The maximum Gasteiger partial charge on any atom is 0.192 e. The Morgan fingerprint density at radius 2 is 1.59 bits per heavy atom. The molecule has 1 aromatic carbocycles. The molecule has 0 amide bonds. The minimum atomic E-state index is -0.954. The number of benzene rings is 1. The number of aliphatic hydroxyl groups excluding tert-OH is 1. The number of halogens is 1. The van der Waals surface area contributed by atoms with Crippen LogP contribution in [0.3, 0.4) is 0 Å². The molecule has 1 unspecified atom stereocenters. The second-order valence-corrected chi connectivity index (χ2v) is 6.60. The summed E-state index contributed by atoms with van der Waals surface area (Å²) in [5.74, 6) is -0.211. The van der Waals surface area contributed by atoms with Gasteiger partial charge in [0, 0.05) is 31.9 Å². The second-order valence-electron chi connectivity index (χ2n) is 5.07. The monoisotopic (exact) mass is 420 g/mol. The van der Waals surface area contributed by atoms with E-state index in [1.165, 1.54) is 4.43 Å². The lowest BCUT2D eigenvalue weighted by Crippen LogP contribution is -2.36. The van der Waals surface area contributed by atoms with Gasteiger partial charge in [0.15, 0.2) is 5.78 Å². The fourth-order valence-electron chi connectivity index (χ4n) is 1.93. The Labute approximate surface area is 148 Å². The SMILES string of the molecule is CCI.CCN(CC)CC(O)C(=O)c1ccc(N(C)C)cc1. The Kier molecular flexibility index (Phi) is 11.5. The molecule has 126 valence electrons. The Morgan fingerprint density at radius 1 is 1.14 bits per heavy atom. The van der Waals surface area contributed by atoms with E-state index in [-0.39, 0.29) is 5.78 Å². The number of likely N-dealkylation sites (N-methyl/N-ethyl adjacent to an activating group) is 1. The predicted molar refractivity (Wildman–Crippen MR) is 103 cm³/mol. The first-order valence-electron chi connectivity index (χ1n) is 7.69. The fourth-order valence-corrected chi connectivity index (χ4v) is 1.93. The van der Waals surface area contributed by atoms with Gasteiger partial charge in [0.25, 0.3) is 0 Å². The zero-order chi connectivity index (χ0) is 17.1. The average molecular weight is 420 g/mol. The van der Waals surface area contributed by atoms with Gasteiger partial charge in [-0.25, -0.2) is 0 Å². The molecule has 22 heavy (non-hydrogen) atoms. The van der Waals surface area contributed by atoms with Gasteiger partial charge in [-0.05, 0) is 41.8 Å². The molecular weight excluding hydrogens is 391 g/mol. The molecule has 0 bridgehead atoms. The minimum absolute atomic E-state index is 0.211. The van der Waals surface area contributed by atoms with Crippen molar-refractivity contribution in [2.75, 3.05) is 43.1 Å². The van der Waals surface area contributed by atoms with Crippen molar-refractivity contribution in [2.45, 2.75) is 26.9 Å². The van der Waals surface area contributed by atoms with E-state index in [4.69, 9.17) is 0 Å². The fraction of sp³-hybridized carbons (Fsp3) is 0.588. The maximum atomic E-state index is 12.1. The van der Waals surface area contributed by atoms with Gasteiger partial charge >= 0.3 is 0 Å². The summed E-state index contributed by atoms with van der Waals surface area (Å²) in [6.45, 7) is 8.21. The highest BCUT2D eigenvalue weighted by molar-refractivity contribution is 14.1. The van der Waals surface area contributed by atoms with E-state index in [1.807, 2.05) is 49.9 Å². The lowest BCUT2D eigenvalue weighted by molar-refractivity contribution is 0.0654. The Bertz CT molecular complexity index is 417. The molecule has 1 N–H and O–H groups in total. The van der Waals surface area contributed by atoms with E-state index in [0.717, 1.165) is 18.8 Å². The number of rotatable bonds is 7. The predicted octanol–water partition coefficient (Wildman–Crippen LogP) is 3.08. The summed E-state index contributed by atoms with van der Waals surface area (Å²) in [5.41, 5.74) is 1.60. The summed E-state index contributed by atoms with van der Waals surface area (Å²) in [6, 6.07) is 7.31. The number of alkyl halides is 1. The highest BCUT2D eigenvalue weighted by Crippen LogP contribution is 2.14. The van der Waals surface area contributed by atoms with Crippen molar-refractivity contribution in [3.63, 3.8) is 0 Å². The molecule has 1 aromatic rings. The first-order valence-corrected chi connectivity index (χ1v) is 9.21. The first kappa shape index (κ1) is 21.3. The third-order valence-electron chi connectivity index (χ3n) is 3.30. The topological polar surface area (TPSA) is 43.8 Å². The van der Waals surface area contributed by atoms with Gasteiger partial charge in [0.2, 0.25) is 0 Å². The first-order chi connectivity index (χ1) is 10.4. The average Bonchev–Trinajstić information content (AvgIpc) is 2.52. The molecule has 0 fully saturated rings. The normalized spacial score (nSPS) is 11.6. The largest absolute Gasteiger partial charge is 0.384 e. The van der Waals surface area contributed by atoms with E-state index < -0.39 is 6.10 Å². The molecule has 4 nitrogen and oxygen atoms in total. The number of hydrogen-bond donors (Lipinski definition) is 1. The smallest absolute Gasteiger partial charge is 0.192 e. The van der Waals surface area contributed by atoms with Crippen molar-refractivity contribution in [2.24, 2.45) is 0 Å². The summed E-state index contributed by atoms with van der Waals surface area (Å²) in [7, 11) is 3.90. The number of anilines is 1. The van der Waals surface area contributed by atoms with Crippen LogP contribution in [0.4, 0.5) is 5.69 Å². The summed E-state index contributed by atoms with van der Waals surface area (Å²) in [5, 5.41) is 9.98. The molecule has 0 aliphatic heterocycles. The Morgan fingerprint density at radius 3 is 1.95 bits per heavy atom. The van der Waals surface area contributed by atoms with Gasteiger partial charge in [-0.3, -0.25) is 4.79 Å². The van der Waals surface area contributed by atoms with Gasteiger partial charge in [0.1, 0.15) is 6.10 Å². The van der Waals surface area contributed by atoms with Crippen molar-refractivity contribution >= 4 is 34.1 Å². The van der Waals surface area contributed by atoms with Gasteiger partial charge in [-0.1, -0.05) is 43.4 Å². The van der Waals surface area contributed by atoms with Gasteiger partial charge in [-0.15, -0.1) is 0 Å². The Hall–Kier alpha value is -0.660. The molecule has 0 aliphatic carbocycles. The van der Waals surface area contributed by atoms with E-state index in [0.29, 0.717) is 12.1 Å². The van der Waals surface area contributed by atoms with Crippen molar-refractivity contribution in [3.05, 3.63) is 29.8 Å². The van der Waals surface area contributed by atoms with Crippen molar-refractivity contribution in [1.29, 1.82) is 0 Å². The van der Waals surface area contributed by atoms with Crippen LogP contribution < -0.4 is 4.90 Å². The number of hydrogen-bond acceptors (Lipinski definition) is 4. The number of ketones is 1. The molecule has 0 aromatic heterocycles. The lowest BCUT2D eigenvalue weighted by atomic mass is 10.1. The zero-order valence-electron chi connectivity index (χ0n) is 14.3.